The highest BCUT2D eigenvalue weighted by Crippen LogP contribution is 2.30. The molecule has 1 aliphatic heterocycles. The number of aromatic amines is 1. The van der Waals surface area contributed by atoms with Crippen molar-refractivity contribution in [3.05, 3.63) is 16.7 Å². The summed E-state index contributed by atoms with van der Waals surface area (Å²) in [5.74, 6) is -0.568. The number of rotatable bonds is 4. The molecule has 0 aliphatic carbocycles. The number of aliphatic hydroxyl groups is 2. The minimum atomic E-state index is -0.866. The molecule has 0 radical (unpaired) electrons. The summed E-state index contributed by atoms with van der Waals surface area (Å²) in [6, 6.07) is 0. The number of anilines is 1. The van der Waals surface area contributed by atoms with Crippen molar-refractivity contribution >= 4 is 23.0 Å². The van der Waals surface area contributed by atoms with Crippen LogP contribution in [0.3, 0.4) is 0 Å². The van der Waals surface area contributed by atoms with Gasteiger partial charge in [-0.2, -0.15) is 4.98 Å². The van der Waals surface area contributed by atoms with E-state index in [9.17, 15) is 19.8 Å². The minimum Gasteiger partial charge on any atom is -0.394 e. The summed E-state index contributed by atoms with van der Waals surface area (Å²) >= 11 is 0. The second-order valence-electron chi connectivity index (χ2n) is 6.02. The van der Waals surface area contributed by atoms with Crippen LogP contribution in [0.2, 0.25) is 0 Å². The Kier molecular flexibility index (Phi) is 4.35. The molecule has 2 aromatic heterocycles. The van der Waals surface area contributed by atoms with Crippen LogP contribution in [-0.2, 0) is 9.53 Å². The number of carbonyl (C=O) groups excluding carboxylic acids is 1. The molecule has 1 unspecified atom stereocenters. The topological polar surface area (TPSA) is 142 Å². The summed E-state index contributed by atoms with van der Waals surface area (Å²) < 4.78 is 6.98. The molecule has 10 heteroatoms. The lowest BCUT2D eigenvalue weighted by atomic mass is 10.2. The van der Waals surface area contributed by atoms with E-state index in [-0.39, 0.29) is 42.0 Å². The van der Waals surface area contributed by atoms with E-state index in [1.807, 2.05) is 0 Å². The third-order valence-electron chi connectivity index (χ3n) is 3.84. The number of carbonyl (C=O) groups is 1. The summed E-state index contributed by atoms with van der Waals surface area (Å²) in [6.45, 7) is 3.21. The molecule has 1 amide bonds. The van der Waals surface area contributed by atoms with Crippen molar-refractivity contribution in [2.75, 3.05) is 11.9 Å². The van der Waals surface area contributed by atoms with E-state index in [0.717, 1.165) is 0 Å². The largest absolute Gasteiger partial charge is 0.394 e. The number of fused-ring (bicyclic) bond motifs is 1. The fourth-order valence-electron chi connectivity index (χ4n) is 2.53. The predicted molar refractivity (Wildman–Crippen MR) is 83.2 cm³/mol. The molecule has 0 bridgehead atoms. The second kappa shape index (κ2) is 6.30. The third-order valence-corrected chi connectivity index (χ3v) is 3.84. The van der Waals surface area contributed by atoms with Gasteiger partial charge in [0.25, 0.3) is 5.56 Å². The summed E-state index contributed by atoms with van der Waals surface area (Å²) in [4.78, 5) is 34.6. The van der Waals surface area contributed by atoms with Gasteiger partial charge in [0, 0.05) is 12.3 Å². The van der Waals surface area contributed by atoms with Gasteiger partial charge in [-0.15, -0.1) is 0 Å². The van der Waals surface area contributed by atoms with Crippen molar-refractivity contribution in [2.45, 2.75) is 38.7 Å². The van der Waals surface area contributed by atoms with Gasteiger partial charge < -0.3 is 14.9 Å². The Morgan fingerprint density at radius 1 is 1.58 bits per heavy atom. The highest BCUT2D eigenvalue weighted by atomic mass is 16.5. The fourth-order valence-corrected chi connectivity index (χ4v) is 2.53. The maximum Gasteiger partial charge on any atom is 0.280 e. The van der Waals surface area contributed by atoms with E-state index >= 15 is 0 Å². The van der Waals surface area contributed by atoms with Crippen LogP contribution in [0.1, 0.15) is 26.5 Å². The van der Waals surface area contributed by atoms with Gasteiger partial charge >= 0.3 is 0 Å². The first-order valence-corrected chi connectivity index (χ1v) is 7.62. The van der Waals surface area contributed by atoms with E-state index in [4.69, 9.17) is 4.74 Å². The Balaban J connectivity index is 2.00. The number of nitrogens with one attached hydrogen (secondary N) is 2. The van der Waals surface area contributed by atoms with Crippen LogP contribution >= 0.6 is 0 Å². The minimum absolute atomic E-state index is 0.000792. The first kappa shape index (κ1) is 16.6. The van der Waals surface area contributed by atoms with Crippen molar-refractivity contribution in [3.8, 4) is 0 Å². The van der Waals surface area contributed by atoms with Crippen LogP contribution in [0, 0.1) is 5.92 Å². The molecule has 0 aromatic carbocycles. The Hall–Kier alpha value is -2.30. The maximum atomic E-state index is 12.1. The van der Waals surface area contributed by atoms with Crippen LogP contribution in [-0.4, -0.2) is 54.5 Å². The SMILES string of the molecule is CC(C)C(=O)Nc1nc2c(ncn2[C@@H]2OC(CO)C[C@H]2O)c(=O)[nH]1. The summed E-state index contributed by atoms with van der Waals surface area (Å²) in [7, 11) is 0. The number of ether oxygens (including phenoxy) is 1. The zero-order valence-corrected chi connectivity index (χ0v) is 13.3. The Bertz CT molecular complexity index is 813. The van der Waals surface area contributed by atoms with Crippen molar-refractivity contribution in [1.29, 1.82) is 0 Å². The summed E-state index contributed by atoms with van der Waals surface area (Å²) in [5, 5.41) is 21.8. The lowest BCUT2D eigenvalue weighted by Gasteiger charge is -2.16. The van der Waals surface area contributed by atoms with Gasteiger partial charge in [-0.3, -0.25) is 24.5 Å². The molecule has 0 saturated carbocycles. The first-order valence-electron chi connectivity index (χ1n) is 7.62. The van der Waals surface area contributed by atoms with E-state index in [0.29, 0.717) is 0 Å². The normalized spacial score (nSPS) is 24.0. The molecule has 3 rings (SSSR count). The Morgan fingerprint density at radius 2 is 2.33 bits per heavy atom. The zero-order chi connectivity index (χ0) is 17.4. The van der Waals surface area contributed by atoms with Crippen LogP contribution in [0.5, 0.6) is 0 Å². The molecular weight excluding hydrogens is 318 g/mol. The van der Waals surface area contributed by atoms with E-state index in [1.54, 1.807) is 13.8 Å². The standard InChI is InChI=1S/C14H19N5O5/c1-6(2)11(22)17-14-16-10-9(12(23)18-14)15-5-19(10)13-8(21)3-7(4-20)24-13/h5-8,13,20-21H,3-4H2,1-2H3,(H2,16,17,18,22,23)/t7?,8-,13-/m1/s1. The fraction of sp³-hybridized carbons (Fsp3) is 0.571. The molecule has 1 aliphatic rings. The van der Waals surface area contributed by atoms with Gasteiger partial charge in [0.15, 0.2) is 17.4 Å². The van der Waals surface area contributed by atoms with Crippen LogP contribution in [0.15, 0.2) is 11.1 Å². The Morgan fingerprint density at radius 3 is 2.96 bits per heavy atom. The molecule has 3 atom stereocenters. The smallest absolute Gasteiger partial charge is 0.280 e. The number of imidazole rings is 1. The van der Waals surface area contributed by atoms with Gasteiger partial charge in [0.05, 0.1) is 19.0 Å². The zero-order valence-electron chi connectivity index (χ0n) is 13.3. The van der Waals surface area contributed by atoms with Gasteiger partial charge in [-0.05, 0) is 0 Å². The van der Waals surface area contributed by atoms with Gasteiger partial charge in [-0.25, -0.2) is 4.98 Å². The Labute approximate surface area is 136 Å². The maximum absolute atomic E-state index is 12.1. The lowest BCUT2D eigenvalue weighted by molar-refractivity contribution is -0.118. The van der Waals surface area contributed by atoms with Gasteiger partial charge in [0.1, 0.15) is 6.10 Å². The average Bonchev–Trinajstić information content (AvgIpc) is 3.10. The molecule has 10 nitrogen and oxygen atoms in total. The molecule has 24 heavy (non-hydrogen) atoms. The summed E-state index contributed by atoms with van der Waals surface area (Å²) in [5.41, 5.74) is -0.259. The molecule has 0 spiro atoms. The number of H-pyrrole nitrogens is 1. The predicted octanol–water partition coefficient (Wildman–Crippen LogP) is -0.645. The highest BCUT2D eigenvalue weighted by Gasteiger charge is 2.36. The number of aromatic nitrogens is 4. The lowest BCUT2D eigenvalue weighted by Crippen LogP contribution is -2.23. The number of hydrogen-bond acceptors (Lipinski definition) is 7. The van der Waals surface area contributed by atoms with Gasteiger partial charge in [0.2, 0.25) is 11.9 Å². The van der Waals surface area contributed by atoms with Crippen molar-refractivity contribution in [1.82, 2.24) is 19.5 Å². The van der Waals surface area contributed by atoms with E-state index in [2.05, 4.69) is 20.3 Å². The number of hydrogen-bond donors (Lipinski definition) is 4. The molecule has 4 N–H and O–H groups in total. The third kappa shape index (κ3) is 2.90. The molecule has 2 aromatic rings. The number of nitrogens with zero attached hydrogens (tertiary/aromatic N) is 3. The molecule has 1 fully saturated rings. The van der Waals surface area contributed by atoms with E-state index < -0.39 is 24.0 Å². The number of amides is 1. The van der Waals surface area contributed by atoms with Crippen LogP contribution in [0.4, 0.5) is 5.95 Å². The monoisotopic (exact) mass is 337 g/mol. The van der Waals surface area contributed by atoms with Crippen molar-refractivity contribution in [2.24, 2.45) is 5.92 Å². The van der Waals surface area contributed by atoms with Crippen LogP contribution in [0.25, 0.3) is 11.2 Å². The van der Waals surface area contributed by atoms with Crippen LogP contribution < -0.4 is 10.9 Å². The first-order chi connectivity index (χ1) is 11.4. The number of aliphatic hydroxyl groups excluding tert-OH is 2. The molecule has 3 heterocycles. The van der Waals surface area contributed by atoms with Crippen molar-refractivity contribution < 1.29 is 19.7 Å². The highest BCUT2D eigenvalue weighted by molar-refractivity contribution is 5.91. The molecular formula is C14H19N5O5. The molecule has 130 valence electrons. The summed E-state index contributed by atoms with van der Waals surface area (Å²) in [6.07, 6.45) is -0.566. The van der Waals surface area contributed by atoms with Crippen molar-refractivity contribution in [3.63, 3.8) is 0 Å². The van der Waals surface area contributed by atoms with E-state index in [1.165, 1.54) is 10.9 Å². The molecule has 1 saturated heterocycles. The average molecular weight is 337 g/mol. The van der Waals surface area contributed by atoms with Gasteiger partial charge in [-0.1, -0.05) is 13.8 Å². The second-order valence-corrected chi connectivity index (χ2v) is 6.02. The quantitative estimate of drug-likeness (QED) is 0.581.